The van der Waals surface area contributed by atoms with Crippen LogP contribution in [0, 0.1) is 5.95 Å². The van der Waals surface area contributed by atoms with Gasteiger partial charge in [0.05, 0.1) is 17.5 Å². The number of halogens is 2. The van der Waals surface area contributed by atoms with Crippen molar-refractivity contribution in [3.8, 4) is 0 Å². The lowest BCUT2D eigenvalue weighted by Crippen LogP contribution is -2.52. The van der Waals surface area contributed by atoms with Gasteiger partial charge in [-0.1, -0.05) is 0 Å². The molecule has 0 radical (unpaired) electrons. The number of hydrazine groups is 1. The van der Waals surface area contributed by atoms with Crippen LogP contribution in [0.15, 0.2) is 6.20 Å². The van der Waals surface area contributed by atoms with E-state index < -0.39 is 17.2 Å². The van der Waals surface area contributed by atoms with Crippen molar-refractivity contribution in [1.82, 2.24) is 20.5 Å². The molecule has 0 saturated carbocycles. The minimum absolute atomic E-state index is 0. The van der Waals surface area contributed by atoms with E-state index in [1.165, 1.54) is 13.2 Å². The molecule has 1 fully saturated rings. The fourth-order valence-corrected chi connectivity index (χ4v) is 2.39. The van der Waals surface area contributed by atoms with Crippen LogP contribution in [0.3, 0.4) is 0 Å². The maximum absolute atomic E-state index is 13.7. The summed E-state index contributed by atoms with van der Waals surface area (Å²) in [4.78, 5) is 0. The zero-order valence-electron chi connectivity index (χ0n) is 10.3. The molecule has 0 aromatic carbocycles. The van der Waals surface area contributed by atoms with Gasteiger partial charge in [-0.2, -0.15) is 9.49 Å². The van der Waals surface area contributed by atoms with Crippen LogP contribution in [0.25, 0.3) is 0 Å². The van der Waals surface area contributed by atoms with Gasteiger partial charge in [0.25, 0.3) is 0 Å². The summed E-state index contributed by atoms with van der Waals surface area (Å²) in [5, 5.41) is 6.83. The summed E-state index contributed by atoms with van der Waals surface area (Å²) in [6.45, 7) is 1.56. The highest BCUT2D eigenvalue weighted by molar-refractivity contribution is 7.80. The van der Waals surface area contributed by atoms with Gasteiger partial charge in [-0.25, -0.2) is 14.5 Å². The molecule has 1 aliphatic rings. The summed E-state index contributed by atoms with van der Waals surface area (Å²) in [7, 11) is 1.41. The average Bonchev–Trinajstić information content (AvgIpc) is 2.68. The molecule has 0 bridgehead atoms. The monoisotopic (exact) mass is 312 g/mol. The number of nitrogens with one attached hydrogen (secondary N) is 2. The zero-order valence-corrected chi connectivity index (χ0v) is 12.0. The Morgan fingerprint density at radius 3 is 2.95 bits per heavy atom. The number of hydrogen-bond donors (Lipinski definition) is 2. The van der Waals surface area contributed by atoms with E-state index in [1.807, 2.05) is 0 Å². The predicted molar refractivity (Wildman–Crippen MR) is 70.8 cm³/mol. The first-order chi connectivity index (χ1) is 8.59. The Labute approximate surface area is 119 Å². The van der Waals surface area contributed by atoms with Crippen molar-refractivity contribution in [1.29, 1.82) is 0 Å². The average molecular weight is 313 g/mol. The number of hydrogen-bond acceptors (Lipinski definition) is 5. The minimum Gasteiger partial charge on any atom is -0.754 e. The molecule has 1 aromatic rings. The summed E-state index contributed by atoms with van der Waals surface area (Å²) in [5.74, 6) is -0.699. The standard InChI is InChI=1S/C9H16FN5O2S.ClH/c1-14-9(10)8(6-12-14)15(18(16)17)13-7-3-2-4-11-5-7;/h6-7,11,13H,2-5H2,1H3,(H,16,17);1H/p-1. The number of aryl methyl sites for hydroxylation is 1. The minimum atomic E-state index is -2.60. The van der Waals surface area contributed by atoms with Crippen LogP contribution in [0.1, 0.15) is 12.8 Å². The lowest BCUT2D eigenvalue weighted by Gasteiger charge is -2.32. The topological polar surface area (TPSA) is 85.2 Å². The SMILES string of the molecule is Cl.Cn1ncc(N(NC2CCCNC2)S(=O)[O-])c1F. The van der Waals surface area contributed by atoms with Gasteiger partial charge in [0.15, 0.2) is 0 Å². The van der Waals surface area contributed by atoms with Gasteiger partial charge in [0.1, 0.15) is 5.69 Å². The molecule has 0 amide bonds. The normalized spacial score (nSPS) is 20.7. The molecule has 2 unspecified atom stereocenters. The summed E-state index contributed by atoms with van der Waals surface area (Å²) in [6, 6.07) is -0.0451. The van der Waals surface area contributed by atoms with E-state index in [9.17, 15) is 13.2 Å². The van der Waals surface area contributed by atoms with Crippen molar-refractivity contribution < 1.29 is 13.2 Å². The van der Waals surface area contributed by atoms with Gasteiger partial charge in [-0.05, 0) is 19.4 Å². The lowest BCUT2D eigenvalue weighted by atomic mass is 10.1. The maximum atomic E-state index is 13.7. The molecule has 19 heavy (non-hydrogen) atoms. The second-order valence-electron chi connectivity index (χ2n) is 4.13. The van der Waals surface area contributed by atoms with Gasteiger partial charge in [0.2, 0.25) is 5.95 Å². The summed E-state index contributed by atoms with van der Waals surface area (Å²) >= 11 is -2.60. The molecule has 2 heterocycles. The van der Waals surface area contributed by atoms with Crippen LogP contribution in [0.4, 0.5) is 10.1 Å². The molecule has 2 atom stereocenters. The van der Waals surface area contributed by atoms with Gasteiger partial charge in [-0.3, -0.25) is 4.21 Å². The highest BCUT2D eigenvalue weighted by Crippen LogP contribution is 2.18. The fourth-order valence-electron chi connectivity index (χ4n) is 1.87. The Morgan fingerprint density at radius 1 is 1.74 bits per heavy atom. The van der Waals surface area contributed by atoms with Crippen LogP contribution in [0.5, 0.6) is 0 Å². The summed E-state index contributed by atoms with van der Waals surface area (Å²) in [6.07, 6.45) is 2.96. The molecule has 110 valence electrons. The molecular weight excluding hydrogens is 297 g/mol. The highest BCUT2D eigenvalue weighted by Gasteiger charge is 2.21. The number of nitrogens with zero attached hydrogens (tertiary/aromatic N) is 3. The van der Waals surface area contributed by atoms with E-state index in [1.54, 1.807) is 0 Å². The predicted octanol–water partition coefficient (Wildman–Crippen LogP) is -0.162. The largest absolute Gasteiger partial charge is 0.754 e. The molecule has 2 N–H and O–H groups in total. The van der Waals surface area contributed by atoms with Gasteiger partial charge >= 0.3 is 0 Å². The molecule has 7 nitrogen and oxygen atoms in total. The first-order valence-electron chi connectivity index (χ1n) is 5.63. The Kier molecular flexibility index (Phi) is 6.14. The van der Waals surface area contributed by atoms with Crippen molar-refractivity contribution in [3.05, 3.63) is 12.1 Å². The zero-order chi connectivity index (χ0) is 13.1. The van der Waals surface area contributed by atoms with Crippen LogP contribution in [0.2, 0.25) is 0 Å². The Hall–Kier alpha value is -0.740. The van der Waals surface area contributed by atoms with E-state index >= 15 is 0 Å². The van der Waals surface area contributed by atoms with Crippen LogP contribution < -0.4 is 15.2 Å². The van der Waals surface area contributed by atoms with E-state index in [2.05, 4.69) is 15.8 Å². The van der Waals surface area contributed by atoms with E-state index in [0.29, 0.717) is 6.54 Å². The number of rotatable bonds is 4. The molecule has 2 rings (SSSR count). The fraction of sp³-hybridized carbons (Fsp3) is 0.667. The first-order valence-corrected chi connectivity index (χ1v) is 6.66. The molecular formula is C9H16ClFN5O2S-. The van der Waals surface area contributed by atoms with Crippen LogP contribution in [-0.4, -0.2) is 37.7 Å². The second kappa shape index (κ2) is 7.15. The molecule has 10 heteroatoms. The van der Waals surface area contributed by atoms with Crippen molar-refractivity contribution in [2.75, 3.05) is 17.5 Å². The van der Waals surface area contributed by atoms with E-state index in [4.69, 9.17) is 0 Å². The van der Waals surface area contributed by atoms with Crippen LogP contribution >= 0.6 is 12.4 Å². The van der Waals surface area contributed by atoms with Crippen molar-refractivity contribution in [2.45, 2.75) is 18.9 Å². The van der Waals surface area contributed by atoms with Crippen molar-refractivity contribution in [2.24, 2.45) is 7.05 Å². The Balaban J connectivity index is 0.00000180. The first kappa shape index (κ1) is 16.3. The van der Waals surface area contributed by atoms with Crippen molar-refractivity contribution in [3.63, 3.8) is 0 Å². The molecule has 1 saturated heterocycles. The third kappa shape index (κ3) is 3.86. The molecule has 0 aliphatic carbocycles. The van der Waals surface area contributed by atoms with Crippen LogP contribution in [-0.2, 0) is 18.3 Å². The van der Waals surface area contributed by atoms with Gasteiger partial charge in [0, 0.05) is 19.6 Å². The quantitative estimate of drug-likeness (QED) is 0.596. The third-order valence-electron chi connectivity index (χ3n) is 2.81. The summed E-state index contributed by atoms with van der Waals surface area (Å²) in [5.41, 5.74) is 2.69. The Bertz CT molecular complexity index is 440. The van der Waals surface area contributed by atoms with E-state index in [-0.39, 0.29) is 24.1 Å². The Morgan fingerprint density at radius 2 is 2.47 bits per heavy atom. The van der Waals surface area contributed by atoms with Crippen molar-refractivity contribution >= 4 is 29.4 Å². The number of aromatic nitrogens is 2. The number of piperidine rings is 1. The molecule has 0 spiro atoms. The van der Waals surface area contributed by atoms with E-state index in [0.717, 1.165) is 28.5 Å². The summed E-state index contributed by atoms with van der Waals surface area (Å²) < 4.78 is 37.8. The maximum Gasteiger partial charge on any atom is 0.237 e. The highest BCUT2D eigenvalue weighted by atomic mass is 35.5. The smallest absolute Gasteiger partial charge is 0.237 e. The van der Waals surface area contributed by atoms with Gasteiger partial charge < -0.3 is 9.87 Å². The van der Waals surface area contributed by atoms with Gasteiger partial charge in [-0.15, -0.1) is 12.4 Å². The molecule has 1 aliphatic heterocycles. The second-order valence-corrected chi connectivity index (χ2v) is 4.93. The lowest BCUT2D eigenvalue weighted by molar-refractivity contribution is 0.390. The third-order valence-corrected chi connectivity index (χ3v) is 3.41. The number of anilines is 1. The molecule has 1 aromatic heterocycles.